The van der Waals surface area contributed by atoms with Gasteiger partial charge in [-0.25, -0.2) is 8.42 Å². The van der Waals surface area contributed by atoms with E-state index in [0.717, 1.165) is 24.3 Å². The lowest BCUT2D eigenvalue weighted by molar-refractivity contribution is 0.466. The SMILES string of the molecule is CCN(CC)c1ccc(-c2nnc(SCCS(=O)(=O)c3cc(Cl)ccc3Cl)o2)cc1. The Labute approximate surface area is 190 Å². The van der Waals surface area contributed by atoms with Crippen LogP contribution in [0.4, 0.5) is 5.69 Å². The predicted octanol–water partition coefficient (Wildman–Crippen LogP) is 5.46. The van der Waals surface area contributed by atoms with Gasteiger partial charge in [0.05, 0.1) is 15.7 Å². The number of anilines is 1. The Bertz CT molecular complexity index is 1100. The Morgan fingerprint density at radius 3 is 2.40 bits per heavy atom. The van der Waals surface area contributed by atoms with Crippen LogP contribution in [0, 0.1) is 0 Å². The minimum Gasteiger partial charge on any atom is -0.411 e. The van der Waals surface area contributed by atoms with Crippen LogP contribution in [-0.4, -0.2) is 43.2 Å². The summed E-state index contributed by atoms with van der Waals surface area (Å²) in [6, 6.07) is 12.3. The van der Waals surface area contributed by atoms with Crippen molar-refractivity contribution in [2.24, 2.45) is 0 Å². The smallest absolute Gasteiger partial charge is 0.276 e. The van der Waals surface area contributed by atoms with Gasteiger partial charge in [-0.3, -0.25) is 0 Å². The lowest BCUT2D eigenvalue weighted by Gasteiger charge is -2.20. The van der Waals surface area contributed by atoms with Crippen LogP contribution in [0.25, 0.3) is 11.5 Å². The highest BCUT2D eigenvalue weighted by molar-refractivity contribution is 8.00. The second kappa shape index (κ2) is 10.0. The molecule has 0 bridgehead atoms. The van der Waals surface area contributed by atoms with Gasteiger partial charge in [0, 0.05) is 35.1 Å². The van der Waals surface area contributed by atoms with Gasteiger partial charge in [0.1, 0.15) is 0 Å². The summed E-state index contributed by atoms with van der Waals surface area (Å²) in [6.45, 7) is 6.08. The Morgan fingerprint density at radius 2 is 1.73 bits per heavy atom. The van der Waals surface area contributed by atoms with Gasteiger partial charge in [0.15, 0.2) is 9.84 Å². The Kier molecular flexibility index (Phi) is 7.68. The molecule has 2 aromatic carbocycles. The molecule has 0 aliphatic carbocycles. The van der Waals surface area contributed by atoms with Crippen molar-refractivity contribution in [2.75, 3.05) is 29.5 Å². The van der Waals surface area contributed by atoms with Crippen molar-refractivity contribution in [3.8, 4) is 11.5 Å². The molecule has 0 N–H and O–H groups in total. The van der Waals surface area contributed by atoms with Crippen LogP contribution in [-0.2, 0) is 9.84 Å². The van der Waals surface area contributed by atoms with Crippen molar-refractivity contribution in [3.63, 3.8) is 0 Å². The molecule has 3 rings (SSSR count). The van der Waals surface area contributed by atoms with Gasteiger partial charge in [-0.15, -0.1) is 10.2 Å². The highest BCUT2D eigenvalue weighted by Crippen LogP contribution is 2.28. The van der Waals surface area contributed by atoms with Crippen LogP contribution in [0.3, 0.4) is 0 Å². The normalized spacial score (nSPS) is 11.6. The lowest BCUT2D eigenvalue weighted by Crippen LogP contribution is -2.21. The number of nitrogens with zero attached hydrogens (tertiary/aromatic N) is 3. The van der Waals surface area contributed by atoms with E-state index < -0.39 is 9.84 Å². The maximum Gasteiger partial charge on any atom is 0.276 e. The van der Waals surface area contributed by atoms with E-state index in [1.165, 1.54) is 23.9 Å². The van der Waals surface area contributed by atoms with Crippen LogP contribution in [0.15, 0.2) is 57.0 Å². The second-order valence-electron chi connectivity index (χ2n) is 6.33. The molecule has 0 saturated carbocycles. The van der Waals surface area contributed by atoms with E-state index in [1.54, 1.807) is 6.07 Å². The van der Waals surface area contributed by atoms with Gasteiger partial charge >= 0.3 is 0 Å². The molecule has 30 heavy (non-hydrogen) atoms. The molecule has 1 heterocycles. The summed E-state index contributed by atoms with van der Waals surface area (Å²) in [5.74, 6) is 0.506. The van der Waals surface area contributed by atoms with Crippen molar-refractivity contribution < 1.29 is 12.8 Å². The fourth-order valence-electron chi connectivity index (χ4n) is 2.85. The zero-order valence-electron chi connectivity index (χ0n) is 16.5. The van der Waals surface area contributed by atoms with Crippen molar-refractivity contribution in [1.82, 2.24) is 10.2 Å². The van der Waals surface area contributed by atoms with E-state index in [0.29, 0.717) is 16.1 Å². The van der Waals surface area contributed by atoms with Crippen molar-refractivity contribution in [3.05, 3.63) is 52.5 Å². The zero-order valence-corrected chi connectivity index (χ0v) is 19.7. The number of hydrogen-bond acceptors (Lipinski definition) is 7. The number of rotatable bonds is 9. The number of hydrogen-bond donors (Lipinski definition) is 0. The molecule has 10 heteroatoms. The maximum absolute atomic E-state index is 12.5. The number of benzene rings is 2. The molecule has 6 nitrogen and oxygen atoms in total. The summed E-state index contributed by atoms with van der Waals surface area (Å²) in [5.41, 5.74) is 1.94. The standard InChI is InChI=1S/C20H21Cl2N3O3S2/c1-3-25(4-2)16-8-5-14(6-9-16)19-23-24-20(28-19)29-11-12-30(26,27)18-13-15(21)7-10-17(18)22/h5-10,13H,3-4,11-12H2,1-2H3. The van der Waals surface area contributed by atoms with Gasteiger partial charge in [-0.2, -0.15) is 0 Å². The monoisotopic (exact) mass is 485 g/mol. The summed E-state index contributed by atoms with van der Waals surface area (Å²) in [6.07, 6.45) is 0. The average molecular weight is 486 g/mol. The van der Waals surface area contributed by atoms with E-state index in [2.05, 4.69) is 28.9 Å². The van der Waals surface area contributed by atoms with Crippen LogP contribution in [0.1, 0.15) is 13.8 Å². The third kappa shape index (κ3) is 5.49. The highest BCUT2D eigenvalue weighted by Gasteiger charge is 2.19. The molecule has 0 fully saturated rings. The predicted molar refractivity (Wildman–Crippen MR) is 123 cm³/mol. The van der Waals surface area contributed by atoms with E-state index in [-0.39, 0.29) is 21.4 Å². The van der Waals surface area contributed by atoms with E-state index in [1.807, 2.05) is 24.3 Å². The largest absolute Gasteiger partial charge is 0.411 e. The summed E-state index contributed by atoms with van der Waals surface area (Å²) in [4.78, 5) is 2.27. The minimum atomic E-state index is -3.58. The number of thioether (sulfide) groups is 1. The van der Waals surface area contributed by atoms with Gasteiger partial charge in [-0.1, -0.05) is 35.0 Å². The molecule has 0 aliphatic rings. The van der Waals surface area contributed by atoms with Gasteiger partial charge in [0.2, 0.25) is 5.89 Å². The fourth-order valence-corrected chi connectivity index (χ4v) is 6.07. The minimum absolute atomic E-state index is 0.0248. The quantitative estimate of drug-likeness (QED) is 0.372. The Balaban J connectivity index is 1.63. The van der Waals surface area contributed by atoms with Crippen LogP contribution < -0.4 is 4.90 Å². The summed E-state index contributed by atoms with van der Waals surface area (Å²) < 4.78 is 30.7. The van der Waals surface area contributed by atoms with Crippen molar-refractivity contribution >= 4 is 50.5 Å². The molecule has 0 saturated heterocycles. The highest BCUT2D eigenvalue weighted by atomic mass is 35.5. The number of sulfone groups is 1. The maximum atomic E-state index is 12.5. The second-order valence-corrected chi connectivity index (χ2v) is 10.3. The summed E-state index contributed by atoms with van der Waals surface area (Å²) in [5, 5.41) is 8.84. The molecule has 0 aliphatic heterocycles. The molecular weight excluding hydrogens is 465 g/mol. The molecule has 0 atom stereocenters. The first-order valence-electron chi connectivity index (χ1n) is 9.33. The average Bonchev–Trinajstić information content (AvgIpc) is 3.20. The van der Waals surface area contributed by atoms with Crippen LogP contribution in [0.2, 0.25) is 10.0 Å². The molecule has 0 amide bonds. The Morgan fingerprint density at radius 1 is 1.03 bits per heavy atom. The summed E-state index contributed by atoms with van der Waals surface area (Å²) >= 11 is 13.1. The zero-order chi connectivity index (χ0) is 21.7. The molecule has 0 spiro atoms. The molecule has 0 unspecified atom stereocenters. The van der Waals surface area contributed by atoms with Crippen molar-refractivity contribution in [1.29, 1.82) is 0 Å². The third-order valence-electron chi connectivity index (χ3n) is 4.46. The Hall–Kier alpha value is -1.74. The van der Waals surface area contributed by atoms with Crippen molar-refractivity contribution in [2.45, 2.75) is 24.0 Å². The van der Waals surface area contributed by atoms with Crippen LogP contribution in [0.5, 0.6) is 0 Å². The first kappa shape index (κ1) is 22.9. The fraction of sp³-hybridized carbons (Fsp3) is 0.300. The first-order chi connectivity index (χ1) is 14.3. The molecule has 1 aromatic heterocycles. The number of halogens is 2. The van der Waals surface area contributed by atoms with Crippen LogP contribution >= 0.6 is 35.0 Å². The molecule has 160 valence electrons. The first-order valence-corrected chi connectivity index (χ1v) is 12.7. The molecule has 3 aromatic rings. The molecular formula is C20H21Cl2N3O3S2. The summed E-state index contributed by atoms with van der Waals surface area (Å²) in [7, 11) is -3.58. The topological polar surface area (TPSA) is 76.3 Å². The van der Waals surface area contributed by atoms with E-state index in [4.69, 9.17) is 27.6 Å². The van der Waals surface area contributed by atoms with Gasteiger partial charge < -0.3 is 9.32 Å². The number of aromatic nitrogens is 2. The van der Waals surface area contributed by atoms with E-state index in [9.17, 15) is 8.42 Å². The van der Waals surface area contributed by atoms with Gasteiger partial charge in [0.25, 0.3) is 5.22 Å². The van der Waals surface area contributed by atoms with Gasteiger partial charge in [-0.05, 0) is 56.3 Å². The lowest BCUT2D eigenvalue weighted by atomic mass is 10.2. The third-order valence-corrected chi connectivity index (χ3v) is 7.96. The van der Waals surface area contributed by atoms with E-state index >= 15 is 0 Å². The molecule has 0 radical (unpaired) electrons.